The Balaban J connectivity index is 1.93. The van der Waals surface area contributed by atoms with Crippen molar-refractivity contribution in [2.24, 2.45) is 0 Å². The maximum atomic E-state index is 12.1. The average molecular weight is 322 g/mol. The second kappa shape index (κ2) is 8.73. The fourth-order valence-electron chi connectivity index (χ4n) is 2.38. The largest absolute Gasteiger partial charge is 0.483 e. The normalized spacial score (nSPS) is 11.4. The van der Waals surface area contributed by atoms with Gasteiger partial charge in [-0.2, -0.15) is 5.26 Å². The molecule has 24 heavy (non-hydrogen) atoms. The molecule has 0 spiro atoms. The highest BCUT2D eigenvalue weighted by Crippen LogP contribution is 2.28. The summed E-state index contributed by atoms with van der Waals surface area (Å²) >= 11 is 0. The number of nitrogens with zero attached hydrogens (tertiary/aromatic N) is 1. The van der Waals surface area contributed by atoms with Crippen LogP contribution in [-0.2, 0) is 11.2 Å². The molecule has 0 saturated carbocycles. The van der Waals surface area contributed by atoms with Gasteiger partial charge in [0, 0.05) is 5.69 Å². The van der Waals surface area contributed by atoms with E-state index in [2.05, 4.69) is 25.2 Å². The zero-order valence-electron chi connectivity index (χ0n) is 14.1. The molecule has 1 unspecified atom stereocenters. The predicted molar refractivity (Wildman–Crippen MR) is 95.0 cm³/mol. The van der Waals surface area contributed by atoms with Crippen LogP contribution < -0.4 is 10.1 Å². The van der Waals surface area contributed by atoms with Crippen molar-refractivity contribution >= 4 is 11.6 Å². The van der Waals surface area contributed by atoms with Crippen molar-refractivity contribution in [3.05, 3.63) is 59.7 Å². The van der Waals surface area contributed by atoms with E-state index in [-0.39, 0.29) is 12.5 Å². The van der Waals surface area contributed by atoms with Crippen molar-refractivity contribution in [1.82, 2.24) is 0 Å². The summed E-state index contributed by atoms with van der Waals surface area (Å²) in [5.41, 5.74) is 2.74. The van der Waals surface area contributed by atoms with E-state index in [1.165, 1.54) is 0 Å². The summed E-state index contributed by atoms with van der Waals surface area (Å²) in [7, 11) is 0. The van der Waals surface area contributed by atoms with Gasteiger partial charge >= 0.3 is 0 Å². The second-order valence-corrected chi connectivity index (χ2v) is 5.72. The third kappa shape index (κ3) is 4.85. The molecule has 0 aliphatic heterocycles. The quantitative estimate of drug-likeness (QED) is 0.827. The molecule has 1 atom stereocenters. The molecule has 1 N–H and O–H groups in total. The number of ether oxygens (including phenoxy) is 1. The number of carbonyl (C=O) groups excluding carboxylic acids is 1. The molecule has 0 heterocycles. The highest BCUT2D eigenvalue weighted by Gasteiger charge is 2.11. The van der Waals surface area contributed by atoms with Crippen molar-refractivity contribution in [3.8, 4) is 11.8 Å². The van der Waals surface area contributed by atoms with E-state index in [1.807, 2.05) is 36.4 Å². The lowest BCUT2D eigenvalue weighted by atomic mass is 9.98. The Morgan fingerprint density at radius 3 is 2.58 bits per heavy atom. The number of hydrogen-bond donors (Lipinski definition) is 1. The van der Waals surface area contributed by atoms with E-state index >= 15 is 0 Å². The fraction of sp³-hybridized carbons (Fsp3) is 0.300. The fourth-order valence-corrected chi connectivity index (χ4v) is 2.38. The number of para-hydroxylation sites is 1. The van der Waals surface area contributed by atoms with Crippen LogP contribution in [0.25, 0.3) is 0 Å². The van der Waals surface area contributed by atoms with Gasteiger partial charge in [0.15, 0.2) is 6.61 Å². The summed E-state index contributed by atoms with van der Waals surface area (Å²) in [6, 6.07) is 17.2. The Kier molecular flexibility index (Phi) is 6.39. The van der Waals surface area contributed by atoms with E-state index in [0.717, 1.165) is 23.3 Å². The number of amides is 1. The number of benzene rings is 2. The van der Waals surface area contributed by atoms with Gasteiger partial charge in [-0.1, -0.05) is 44.2 Å². The Morgan fingerprint density at radius 2 is 1.92 bits per heavy atom. The standard InChI is InChI=1S/C20H22N2O2/c1-3-15(2)18-6-4-5-7-19(18)24-14-20(23)22-17-10-8-16(9-11-17)12-13-21/h4-11,15H,3,12,14H2,1-2H3,(H,22,23). The molecular formula is C20H22N2O2. The topological polar surface area (TPSA) is 62.1 Å². The zero-order valence-corrected chi connectivity index (χ0v) is 14.1. The Hall–Kier alpha value is -2.80. The van der Waals surface area contributed by atoms with Crippen molar-refractivity contribution in [1.29, 1.82) is 5.26 Å². The van der Waals surface area contributed by atoms with E-state index < -0.39 is 0 Å². The van der Waals surface area contributed by atoms with Crippen LogP contribution in [0.4, 0.5) is 5.69 Å². The minimum atomic E-state index is -0.206. The van der Waals surface area contributed by atoms with Gasteiger partial charge in [-0.05, 0) is 41.7 Å². The van der Waals surface area contributed by atoms with Gasteiger partial charge in [-0.25, -0.2) is 0 Å². The third-order valence-electron chi connectivity index (χ3n) is 3.94. The van der Waals surface area contributed by atoms with E-state index in [9.17, 15) is 4.79 Å². The first-order valence-corrected chi connectivity index (χ1v) is 8.11. The van der Waals surface area contributed by atoms with Crippen LogP contribution in [0.15, 0.2) is 48.5 Å². The summed E-state index contributed by atoms with van der Waals surface area (Å²) in [5.74, 6) is 0.935. The highest BCUT2D eigenvalue weighted by molar-refractivity contribution is 5.91. The molecule has 2 aromatic rings. The lowest BCUT2D eigenvalue weighted by molar-refractivity contribution is -0.118. The van der Waals surface area contributed by atoms with Crippen LogP contribution in [0.5, 0.6) is 5.75 Å². The van der Waals surface area contributed by atoms with Gasteiger partial charge in [0.25, 0.3) is 5.91 Å². The van der Waals surface area contributed by atoms with Gasteiger partial charge in [0.05, 0.1) is 12.5 Å². The maximum Gasteiger partial charge on any atom is 0.262 e. The molecule has 2 rings (SSSR count). The van der Waals surface area contributed by atoms with Crippen molar-refractivity contribution < 1.29 is 9.53 Å². The summed E-state index contributed by atoms with van der Waals surface area (Å²) in [4.78, 5) is 12.1. The van der Waals surface area contributed by atoms with Gasteiger partial charge in [0.2, 0.25) is 0 Å². The van der Waals surface area contributed by atoms with E-state index in [0.29, 0.717) is 18.0 Å². The molecule has 124 valence electrons. The summed E-state index contributed by atoms with van der Waals surface area (Å²) in [5, 5.41) is 11.5. The molecule has 0 aliphatic carbocycles. The molecule has 0 bridgehead atoms. The number of rotatable bonds is 7. The molecule has 2 aromatic carbocycles. The molecule has 0 saturated heterocycles. The molecule has 4 nitrogen and oxygen atoms in total. The molecule has 4 heteroatoms. The Bertz CT molecular complexity index is 717. The molecule has 1 amide bonds. The van der Waals surface area contributed by atoms with Crippen LogP contribution in [0, 0.1) is 11.3 Å². The van der Waals surface area contributed by atoms with Crippen LogP contribution >= 0.6 is 0 Å². The van der Waals surface area contributed by atoms with Gasteiger partial charge in [-0.3, -0.25) is 4.79 Å². The molecular weight excluding hydrogens is 300 g/mol. The Morgan fingerprint density at radius 1 is 1.21 bits per heavy atom. The average Bonchev–Trinajstić information content (AvgIpc) is 2.61. The van der Waals surface area contributed by atoms with Crippen molar-refractivity contribution in [3.63, 3.8) is 0 Å². The summed E-state index contributed by atoms with van der Waals surface area (Å²) in [6.45, 7) is 4.24. The minimum Gasteiger partial charge on any atom is -0.483 e. The van der Waals surface area contributed by atoms with Gasteiger partial charge < -0.3 is 10.1 Å². The number of carbonyl (C=O) groups is 1. The third-order valence-corrected chi connectivity index (χ3v) is 3.94. The van der Waals surface area contributed by atoms with Crippen LogP contribution in [-0.4, -0.2) is 12.5 Å². The molecule has 0 fully saturated rings. The first-order valence-electron chi connectivity index (χ1n) is 8.11. The first kappa shape index (κ1) is 17.6. The highest BCUT2D eigenvalue weighted by atomic mass is 16.5. The van der Waals surface area contributed by atoms with Crippen LogP contribution in [0.3, 0.4) is 0 Å². The lowest BCUT2D eigenvalue weighted by Crippen LogP contribution is -2.20. The van der Waals surface area contributed by atoms with Crippen molar-refractivity contribution in [2.45, 2.75) is 32.6 Å². The summed E-state index contributed by atoms with van der Waals surface area (Å²) < 4.78 is 5.70. The number of nitrogens with one attached hydrogen (secondary N) is 1. The van der Waals surface area contributed by atoms with Crippen LogP contribution in [0.2, 0.25) is 0 Å². The SMILES string of the molecule is CCC(C)c1ccccc1OCC(=O)Nc1ccc(CC#N)cc1. The van der Waals surface area contributed by atoms with Crippen LogP contribution in [0.1, 0.15) is 37.3 Å². The number of hydrogen-bond acceptors (Lipinski definition) is 3. The first-order chi connectivity index (χ1) is 11.6. The van der Waals surface area contributed by atoms with Crippen molar-refractivity contribution in [2.75, 3.05) is 11.9 Å². The second-order valence-electron chi connectivity index (χ2n) is 5.72. The number of anilines is 1. The minimum absolute atomic E-state index is 0.0343. The number of nitriles is 1. The maximum absolute atomic E-state index is 12.1. The monoisotopic (exact) mass is 322 g/mol. The zero-order chi connectivity index (χ0) is 17.4. The van der Waals surface area contributed by atoms with Gasteiger partial charge in [0.1, 0.15) is 5.75 Å². The Labute approximate surface area is 143 Å². The predicted octanol–water partition coefficient (Wildman–Crippen LogP) is 4.28. The van der Waals surface area contributed by atoms with E-state index in [4.69, 9.17) is 10.00 Å². The summed E-state index contributed by atoms with van der Waals surface area (Å²) in [6.07, 6.45) is 1.38. The molecule has 0 radical (unpaired) electrons. The lowest BCUT2D eigenvalue weighted by Gasteiger charge is -2.15. The van der Waals surface area contributed by atoms with E-state index in [1.54, 1.807) is 12.1 Å². The molecule has 0 aliphatic rings. The van der Waals surface area contributed by atoms with Gasteiger partial charge in [-0.15, -0.1) is 0 Å². The molecule has 0 aromatic heterocycles. The smallest absolute Gasteiger partial charge is 0.262 e.